The van der Waals surface area contributed by atoms with Crippen LogP contribution in [0.3, 0.4) is 0 Å². The molecule has 3 aromatic rings. The summed E-state index contributed by atoms with van der Waals surface area (Å²) in [6.45, 7) is 3.03. The van der Waals surface area contributed by atoms with E-state index in [1.807, 2.05) is 24.3 Å². The normalized spacial score (nSPS) is 17.5. The van der Waals surface area contributed by atoms with Crippen LogP contribution in [0.1, 0.15) is 60.8 Å². The first-order valence-electron chi connectivity index (χ1n) is 14.4. The highest BCUT2D eigenvalue weighted by atomic mass is 32.3. The van der Waals surface area contributed by atoms with Gasteiger partial charge in [-0.2, -0.15) is 10.6 Å². The van der Waals surface area contributed by atoms with Crippen LogP contribution in [0.15, 0.2) is 60.7 Å². The minimum Gasteiger partial charge on any atom is -0.493 e. The Labute approximate surface area is 244 Å². The molecule has 1 fully saturated rings. The van der Waals surface area contributed by atoms with Crippen molar-refractivity contribution in [2.75, 3.05) is 23.4 Å². The van der Waals surface area contributed by atoms with Gasteiger partial charge in [-0.15, -0.1) is 5.92 Å². The van der Waals surface area contributed by atoms with Crippen LogP contribution in [0, 0.1) is 17.8 Å². The van der Waals surface area contributed by atoms with Crippen molar-refractivity contribution < 1.29 is 23.7 Å². The molecule has 1 heterocycles. The van der Waals surface area contributed by atoms with Crippen molar-refractivity contribution in [2.24, 2.45) is 5.92 Å². The Morgan fingerprint density at radius 3 is 2.49 bits per heavy atom. The van der Waals surface area contributed by atoms with Gasteiger partial charge < -0.3 is 15.2 Å². The highest BCUT2D eigenvalue weighted by Crippen LogP contribution is 2.45. The molecule has 0 amide bonds. The van der Waals surface area contributed by atoms with Gasteiger partial charge in [-0.3, -0.25) is 13.9 Å². The maximum absolute atomic E-state index is 11.2. The Hall–Kier alpha value is -3.44. The van der Waals surface area contributed by atoms with E-state index in [4.69, 9.17) is 4.74 Å². The number of aryl methyl sites for hydroxylation is 2. The Bertz CT molecular complexity index is 1430. The predicted octanol–water partition coefficient (Wildman–Crippen LogP) is 7.58. The fraction of sp³-hybridized carbons (Fsp3) is 0.382. The zero-order valence-electron chi connectivity index (χ0n) is 23.6. The number of carbonyl (C=O) groups is 1. The Kier molecular flexibility index (Phi) is 9.24. The van der Waals surface area contributed by atoms with Crippen LogP contribution in [-0.4, -0.2) is 38.3 Å². The molecule has 0 unspecified atom stereocenters. The van der Waals surface area contributed by atoms with Crippen LogP contribution in [-0.2, 0) is 24.2 Å². The number of carboxylic acid groups (broad SMARTS) is 1. The number of hydrogen-bond acceptors (Lipinski definition) is 5. The van der Waals surface area contributed by atoms with E-state index < -0.39 is 16.6 Å². The third-order valence-electron chi connectivity index (χ3n) is 8.13. The zero-order chi connectivity index (χ0) is 28.8. The molecule has 41 heavy (non-hydrogen) atoms. The summed E-state index contributed by atoms with van der Waals surface area (Å²) in [7, 11) is -2.36. The van der Waals surface area contributed by atoms with Crippen LogP contribution in [0.2, 0.25) is 0 Å². The summed E-state index contributed by atoms with van der Waals surface area (Å²) in [6, 6.07) is 21.1. The summed E-state index contributed by atoms with van der Waals surface area (Å²) in [5.74, 6) is 6.94. The lowest BCUT2D eigenvalue weighted by molar-refractivity contribution is -0.137. The second kappa shape index (κ2) is 13.0. The van der Waals surface area contributed by atoms with Gasteiger partial charge in [0.05, 0.1) is 18.9 Å². The third kappa shape index (κ3) is 7.65. The van der Waals surface area contributed by atoms with E-state index in [9.17, 15) is 19.0 Å². The van der Waals surface area contributed by atoms with Gasteiger partial charge in [-0.25, -0.2) is 0 Å². The highest BCUT2D eigenvalue weighted by Gasteiger charge is 2.24. The molecule has 4 N–H and O–H groups in total. The topological polar surface area (TPSA) is 99.0 Å². The summed E-state index contributed by atoms with van der Waals surface area (Å²) in [5, 5.41) is 12.7. The van der Waals surface area contributed by atoms with Gasteiger partial charge in [-0.05, 0) is 109 Å². The zero-order valence-corrected chi connectivity index (χ0v) is 24.4. The average Bonchev–Trinajstić information content (AvgIpc) is 3.14. The molecule has 0 spiro atoms. The largest absolute Gasteiger partial charge is 0.493 e. The number of nitrogens with one attached hydrogen (secondary N) is 1. The predicted molar refractivity (Wildman–Crippen MR) is 167 cm³/mol. The van der Waals surface area contributed by atoms with E-state index in [0.29, 0.717) is 30.6 Å². The van der Waals surface area contributed by atoms with Crippen molar-refractivity contribution in [2.45, 2.75) is 57.9 Å². The molecule has 7 heteroatoms. The fourth-order valence-corrected chi connectivity index (χ4v) is 7.40. The summed E-state index contributed by atoms with van der Waals surface area (Å²) in [4.78, 5) is 11.2. The minimum atomic E-state index is -2.36. The molecule has 1 aliphatic heterocycles. The average molecular weight is 574 g/mol. The van der Waals surface area contributed by atoms with Crippen molar-refractivity contribution in [3.8, 4) is 28.7 Å². The van der Waals surface area contributed by atoms with E-state index >= 15 is 0 Å². The monoisotopic (exact) mass is 573 g/mol. The molecule has 0 bridgehead atoms. The molecule has 0 radical (unpaired) electrons. The Morgan fingerprint density at radius 1 is 1.00 bits per heavy atom. The SMILES string of the molecule is CC#C[C@@H](CC(=O)O)c1ccc(NCc2ccc3c(c2)-c2ccc(OCC4CCS(O)(O)CC4)cc2CCC3)cc1. The number of benzene rings is 3. The summed E-state index contributed by atoms with van der Waals surface area (Å²) in [6.07, 6.45) is 4.76. The van der Waals surface area contributed by atoms with Crippen LogP contribution in [0.5, 0.6) is 5.75 Å². The number of fused-ring (bicyclic) bond motifs is 3. The molecule has 2 aliphatic rings. The number of ether oxygens (including phenoxy) is 1. The van der Waals surface area contributed by atoms with E-state index in [0.717, 1.165) is 49.1 Å². The molecule has 3 aromatic carbocycles. The highest BCUT2D eigenvalue weighted by molar-refractivity contribution is 8.24. The van der Waals surface area contributed by atoms with Crippen LogP contribution in [0.4, 0.5) is 5.69 Å². The lowest BCUT2D eigenvalue weighted by atomic mass is 9.94. The van der Waals surface area contributed by atoms with Crippen LogP contribution in [0.25, 0.3) is 11.1 Å². The van der Waals surface area contributed by atoms with Crippen molar-refractivity contribution in [3.63, 3.8) is 0 Å². The molecule has 1 aliphatic carbocycles. The fourth-order valence-electron chi connectivity index (χ4n) is 5.78. The van der Waals surface area contributed by atoms with Crippen molar-refractivity contribution in [1.82, 2.24) is 0 Å². The first-order chi connectivity index (χ1) is 19.8. The van der Waals surface area contributed by atoms with E-state index in [1.165, 1.54) is 27.8 Å². The van der Waals surface area contributed by atoms with Crippen LogP contribution < -0.4 is 10.1 Å². The van der Waals surface area contributed by atoms with Gasteiger partial charge >= 0.3 is 5.97 Å². The van der Waals surface area contributed by atoms with E-state index in [2.05, 4.69) is 53.6 Å². The summed E-state index contributed by atoms with van der Waals surface area (Å²) < 4.78 is 25.9. The van der Waals surface area contributed by atoms with E-state index in [1.54, 1.807) is 6.92 Å². The lowest BCUT2D eigenvalue weighted by Crippen LogP contribution is -2.24. The quantitative estimate of drug-likeness (QED) is 0.197. The van der Waals surface area contributed by atoms with Gasteiger partial charge in [-0.1, -0.05) is 36.3 Å². The Morgan fingerprint density at radius 2 is 1.76 bits per heavy atom. The van der Waals surface area contributed by atoms with E-state index in [-0.39, 0.29) is 12.3 Å². The molecule has 216 valence electrons. The second-order valence-electron chi connectivity index (χ2n) is 11.1. The first-order valence-corrected chi connectivity index (χ1v) is 16.3. The van der Waals surface area contributed by atoms with Crippen molar-refractivity contribution in [1.29, 1.82) is 0 Å². The van der Waals surface area contributed by atoms with Gasteiger partial charge in [0.25, 0.3) is 0 Å². The van der Waals surface area contributed by atoms with Gasteiger partial charge in [0.1, 0.15) is 5.75 Å². The molecule has 1 atom stereocenters. The molecule has 0 aromatic heterocycles. The van der Waals surface area contributed by atoms with Crippen molar-refractivity contribution in [3.05, 3.63) is 82.9 Å². The standard InChI is InChI=1S/C34H39NO5S/c1-2-4-28(21-34(36)37)26-9-11-30(12-10-26)35-22-25-7-8-27-5-3-6-29-20-31(13-14-32(29)33(27)19-25)40-23-24-15-17-41(38,39)18-16-24/h7-14,19-20,24,28,35,38-39H,3,5-6,15-18,21-23H2,1H3,(H,36,37)/t28-/m0/s1. The summed E-state index contributed by atoms with van der Waals surface area (Å²) in [5.41, 5.74) is 8.32. The Balaban J connectivity index is 1.24. The second-order valence-corrected chi connectivity index (χ2v) is 13.6. The molecule has 5 rings (SSSR count). The van der Waals surface area contributed by atoms with Gasteiger partial charge in [0.15, 0.2) is 0 Å². The number of anilines is 1. The van der Waals surface area contributed by atoms with Gasteiger partial charge in [0, 0.05) is 23.7 Å². The molecular formula is C34H39NO5S. The van der Waals surface area contributed by atoms with Crippen LogP contribution >= 0.6 is 10.6 Å². The van der Waals surface area contributed by atoms with Crippen molar-refractivity contribution >= 4 is 22.2 Å². The molecule has 6 nitrogen and oxygen atoms in total. The smallest absolute Gasteiger partial charge is 0.304 e. The minimum absolute atomic E-state index is 0.00502. The van der Waals surface area contributed by atoms with Gasteiger partial charge in [0.2, 0.25) is 0 Å². The number of hydrogen-bond donors (Lipinski definition) is 4. The maximum atomic E-state index is 11.2. The number of rotatable bonds is 9. The lowest BCUT2D eigenvalue weighted by Gasteiger charge is -2.39. The first kappa shape index (κ1) is 29.1. The number of aliphatic carboxylic acids is 1. The molecule has 1 saturated heterocycles. The maximum Gasteiger partial charge on any atom is 0.304 e. The summed E-state index contributed by atoms with van der Waals surface area (Å²) >= 11 is 0. The molecule has 0 saturated carbocycles. The third-order valence-corrected chi connectivity index (χ3v) is 9.91. The number of carboxylic acids is 1. The molecular weight excluding hydrogens is 534 g/mol.